The minimum absolute atomic E-state index is 0. The Morgan fingerprint density at radius 1 is 0.774 bits per heavy atom. The largest absolute Gasteiger partial charge is 0.486 e. The molecule has 4 aromatic heterocycles. The van der Waals surface area contributed by atoms with Gasteiger partial charge in [-0.3, -0.25) is 4.98 Å². The maximum Gasteiger partial charge on any atom is 0.216 e. The van der Waals surface area contributed by atoms with Crippen LogP contribution in [0.25, 0.3) is 61.4 Å². The molecule has 4 heterocycles. The summed E-state index contributed by atoms with van der Waals surface area (Å²) in [7, 11) is 0. The number of rotatable bonds is 6. The normalized spacial score (nSPS) is 15.2. The van der Waals surface area contributed by atoms with Gasteiger partial charge in [0.1, 0.15) is 0 Å². The third-order valence-corrected chi connectivity index (χ3v) is 9.19. The van der Waals surface area contributed by atoms with E-state index >= 15 is 0 Å². The van der Waals surface area contributed by atoms with E-state index in [1.54, 1.807) is 32.0 Å². The Bertz CT molecular complexity index is 2900. The first kappa shape index (κ1) is 26.8. The number of para-hydroxylation sites is 3. The van der Waals surface area contributed by atoms with Crippen LogP contribution < -0.4 is 0 Å². The number of imidazole rings is 1. The van der Waals surface area contributed by atoms with E-state index in [1.165, 1.54) is 18.3 Å². The molecular weight excluding hydrogens is 829 g/mol. The van der Waals surface area contributed by atoms with Crippen LogP contribution in [0.1, 0.15) is 106 Å². The first-order chi connectivity index (χ1) is 29.0. The van der Waals surface area contributed by atoms with Crippen LogP contribution in [0.5, 0.6) is 0 Å². The van der Waals surface area contributed by atoms with E-state index in [2.05, 4.69) is 72.6 Å². The summed E-state index contributed by atoms with van der Waals surface area (Å²) in [5, 5.41) is 0.774. The molecule has 0 spiro atoms. The van der Waals surface area contributed by atoms with Crippen LogP contribution in [0.3, 0.4) is 0 Å². The second kappa shape index (κ2) is 15.6. The molecule has 271 valence electrons. The third kappa shape index (κ3) is 7.23. The molecule has 8 aromatic rings. The summed E-state index contributed by atoms with van der Waals surface area (Å²) in [5.41, 5.74) is 7.69. The first-order valence-corrected chi connectivity index (χ1v) is 17.3. The fraction of sp³-hybridized carbons (Fsp3) is 0.255. The van der Waals surface area contributed by atoms with Crippen LogP contribution >= 0.6 is 0 Å². The minimum Gasteiger partial charge on any atom is -0.486 e. The second-order valence-corrected chi connectivity index (χ2v) is 13.7. The van der Waals surface area contributed by atoms with Gasteiger partial charge in [0.25, 0.3) is 0 Å². The van der Waals surface area contributed by atoms with E-state index in [0.29, 0.717) is 33.4 Å². The first-order valence-electron chi connectivity index (χ1n) is 22.3. The maximum absolute atomic E-state index is 8.24. The fourth-order valence-electron chi connectivity index (χ4n) is 6.63. The van der Waals surface area contributed by atoms with Gasteiger partial charge < -0.3 is 14.0 Å². The molecule has 0 aliphatic carbocycles. The zero-order valence-corrected chi connectivity index (χ0v) is 32.8. The molecule has 0 aliphatic rings. The van der Waals surface area contributed by atoms with Gasteiger partial charge in [0.15, 0.2) is 0 Å². The molecule has 0 saturated carbocycles. The quantitative estimate of drug-likeness (QED) is 0.156. The standard InChI is InChI=1S/C32H30N3O.C15H16N.Ir/c1-18(2)22-10-9-11-23(19(3)4)29(22)35-27-13-8-7-12-26(27)34-31(35)25-16-14-20(5)28-24-17-15-21(6)33-32(24)36-30(25)28;1-11(2)14-9-15(16-10-12(14)3)13-7-5-4-6-8-13;/h7-15,17-19H,1-6H3;4-7,9-11H,1-3H3;/q2*-1;/i5D3,6D3;3D3,11D;. The van der Waals surface area contributed by atoms with Crippen LogP contribution in [0.4, 0.5) is 0 Å². The van der Waals surface area contributed by atoms with Gasteiger partial charge >= 0.3 is 0 Å². The Hall–Kier alpha value is -4.90. The molecule has 0 unspecified atom stereocenters. The predicted molar refractivity (Wildman–Crippen MR) is 215 cm³/mol. The number of hydrogen-bond donors (Lipinski definition) is 0. The van der Waals surface area contributed by atoms with Gasteiger partial charge in [-0.05, 0) is 83.6 Å². The monoisotopic (exact) mass is 885 g/mol. The van der Waals surface area contributed by atoms with Gasteiger partial charge in [-0.2, -0.15) is 0 Å². The van der Waals surface area contributed by atoms with Crippen molar-refractivity contribution in [2.45, 2.75) is 79.8 Å². The molecule has 6 heteroatoms. The van der Waals surface area contributed by atoms with Crippen molar-refractivity contribution in [3.63, 3.8) is 0 Å². The number of fused-ring (bicyclic) bond motifs is 4. The number of nitrogens with zero attached hydrogens (tertiary/aromatic N) is 4. The molecule has 8 rings (SSSR count). The molecule has 0 saturated heterocycles. The average molecular weight is 885 g/mol. The zero-order valence-electron chi connectivity index (χ0n) is 40.4. The number of furan rings is 1. The van der Waals surface area contributed by atoms with Crippen molar-refractivity contribution in [1.29, 1.82) is 0 Å². The third-order valence-electron chi connectivity index (χ3n) is 9.19. The molecule has 53 heavy (non-hydrogen) atoms. The van der Waals surface area contributed by atoms with Crippen LogP contribution in [0.2, 0.25) is 0 Å². The molecule has 0 fully saturated rings. The van der Waals surface area contributed by atoms with E-state index in [0.717, 1.165) is 33.4 Å². The summed E-state index contributed by atoms with van der Waals surface area (Å²) in [5.74, 6) is -0.0361. The molecule has 5 nitrogen and oxygen atoms in total. The molecule has 0 amide bonds. The Kier molecular flexibility index (Phi) is 7.89. The zero-order chi connectivity index (χ0) is 45.1. The number of aromatic nitrogens is 4. The van der Waals surface area contributed by atoms with Crippen LogP contribution in [-0.2, 0) is 20.1 Å². The number of hydrogen-bond acceptors (Lipinski definition) is 4. The number of aryl methyl sites for hydroxylation is 3. The van der Waals surface area contributed by atoms with Crippen LogP contribution in [0.15, 0.2) is 102 Å². The van der Waals surface area contributed by atoms with E-state index in [1.807, 2.05) is 42.5 Å². The molecule has 0 N–H and O–H groups in total. The molecule has 0 bridgehead atoms. The van der Waals surface area contributed by atoms with E-state index < -0.39 is 26.4 Å². The summed E-state index contributed by atoms with van der Waals surface area (Å²) >= 11 is 0. The Balaban J connectivity index is 0.000000265. The summed E-state index contributed by atoms with van der Waals surface area (Å²) < 4.78 is 87.4. The molecular formula is C47H46IrN4O-2. The van der Waals surface area contributed by atoms with E-state index in [-0.39, 0.29) is 60.1 Å². The Morgan fingerprint density at radius 2 is 1.53 bits per heavy atom. The van der Waals surface area contributed by atoms with Crippen molar-refractivity contribution < 1.29 is 38.2 Å². The van der Waals surface area contributed by atoms with Crippen molar-refractivity contribution >= 4 is 33.1 Å². The fourth-order valence-corrected chi connectivity index (χ4v) is 6.63. The molecule has 0 atom stereocenters. The number of pyridine rings is 2. The van der Waals surface area contributed by atoms with Gasteiger partial charge in [0, 0.05) is 56.8 Å². The van der Waals surface area contributed by atoms with Crippen LogP contribution in [-0.4, -0.2) is 19.5 Å². The summed E-state index contributed by atoms with van der Waals surface area (Å²) in [6.45, 7) is 4.80. The predicted octanol–water partition coefficient (Wildman–Crippen LogP) is 12.6. The van der Waals surface area contributed by atoms with Crippen LogP contribution in [0, 0.1) is 32.7 Å². The van der Waals surface area contributed by atoms with Crippen molar-refractivity contribution in [1.82, 2.24) is 19.5 Å². The summed E-state index contributed by atoms with van der Waals surface area (Å²) in [6, 6.07) is 33.9. The smallest absolute Gasteiger partial charge is 0.216 e. The van der Waals surface area contributed by atoms with Gasteiger partial charge in [-0.25, -0.2) is 4.98 Å². The minimum atomic E-state index is -2.47. The summed E-state index contributed by atoms with van der Waals surface area (Å²) in [6.07, 6.45) is 1.36. The average Bonchev–Trinajstić information content (AvgIpc) is 3.78. The van der Waals surface area contributed by atoms with Crippen molar-refractivity contribution in [3.05, 3.63) is 143 Å². The Labute approximate surface area is 340 Å². The van der Waals surface area contributed by atoms with Gasteiger partial charge in [0.2, 0.25) is 5.71 Å². The van der Waals surface area contributed by atoms with E-state index in [4.69, 9.17) is 23.1 Å². The van der Waals surface area contributed by atoms with Gasteiger partial charge in [-0.1, -0.05) is 95.7 Å². The SMILES string of the molecule is [2H]C([2H])([2H])c1ccc2c(n1)oc1c(-c3nc4ccccc4n3-c3c(C(C)C)cccc3C(C)C)[c-]cc(C([2H])([2H])[2H])c12.[2H]C([2H])([2H])c1cnc(-c2[c-]cccc2)cc1C([2H])(C)C.[Ir]. The van der Waals surface area contributed by atoms with Crippen molar-refractivity contribution in [2.24, 2.45) is 0 Å². The van der Waals surface area contributed by atoms with Gasteiger partial charge in [0.05, 0.1) is 22.4 Å². The van der Waals surface area contributed by atoms with Gasteiger partial charge in [-0.15, -0.1) is 53.6 Å². The Morgan fingerprint density at radius 3 is 2.21 bits per heavy atom. The molecule has 4 aromatic carbocycles. The number of benzene rings is 4. The van der Waals surface area contributed by atoms with Crippen molar-refractivity contribution in [3.8, 4) is 28.3 Å². The maximum atomic E-state index is 8.24. The topological polar surface area (TPSA) is 56.7 Å². The van der Waals surface area contributed by atoms with E-state index in [9.17, 15) is 0 Å². The van der Waals surface area contributed by atoms with Crippen molar-refractivity contribution in [2.75, 3.05) is 0 Å². The molecule has 1 radical (unpaired) electrons. The molecule has 0 aliphatic heterocycles. The second-order valence-electron chi connectivity index (χ2n) is 13.7. The summed E-state index contributed by atoms with van der Waals surface area (Å²) in [4.78, 5) is 13.6.